The Bertz CT molecular complexity index is 885. The number of ether oxygens (including phenoxy) is 1. The average Bonchev–Trinajstić information content (AvgIpc) is 2.74. The summed E-state index contributed by atoms with van der Waals surface area (Å²) in [5.41, 5.74) is 2.24. The number of alkyl halides is 3. The first-order chi connectivity index (χ1) is 14.8. The lowest BCUT2D eigenvalue weighted by Crippen LogP contribution is -2.40. The molecule has 0 saturated carbocycles. The van der Waals surface area contributed by atoms with E-state index in [-0.39, 0.29) is 12.6 Å². The van der Waals surface area contributed by atoms with E-state index < -0.39 is 11.7 Å². The van der Waals surface area contributed by atoms with Gasteiger partial charge >= 0.3 is 6.18 Å². The molecular formula is C23H29F3N4O. The van der Waals surface area contributed by atoms with Crippen LogP contribution in [0.3, 0.4) is 0 Å². The Hall–Kier alpha value is -2.58. The van der Waals surface area contributed by atoms with Crippen molar-refractivity contribution in [2.75, 3.05) is 26.7 Å². The van der Waals surface area contributed by atoms with Crippen molar-refractivity contribution in [2.24, 2.45) is 4.99 Å². The van der Waals surface area contributed by atoms with Crippen molar-refractivity contribution in [3.63, 3.8) is 0 Å². The highest BCUT2D eigenvalue weighted by Crippen LogP contribution is 2.29. The van der Waals surface area contributed by atoms with Gasteiger partial charge in [0.15, 0.2) is 5.96 Å². The van der Waals surface area contributed by atoms with E-state index in [0.717, 1.165) is 43.9 Å². The molecule has 3 rings (SSSR count). The first-order valence-corrected chi connectivity index (χ1v) is 10.4. The molecule has 1 fully saturated rings. The fourth-order valence-electron chi connectivity index (χ4n) is 3.58. The smallest absolute Gasteiger partial charge is 0.376 e. The summed E-state index contributed by atoms with van der Waals surface area (Å²) in [5, 5.41) is 6.29. The van der Waals surface area contributed by atoms with E-state index in [9.17, 15) is 13.2 Å². The van der Waals surface area contributed by atoms with Crippen molar-refractivity contribution in [1.29, 1.82) is 0 Å². The first-order valence-electron chi connectivity index (χ1n) is 10.4. The van der Waals surface area contributed by atoms with Crippen molar-refractivity contribution >= 4 is 5.96 Å². The van der Waals surface area contributed by atoms with E-state index in [0.29, 0.717) is 18.1 Å². The monoisotopic (exact) mass is 434 g/mol. The maximum atomic E-state index is 12.9. The van der Waals surface area contributed by atoms with Crippen molar-refractivity contribution < 1.29 is 17.9 Å². The summed E-state index contributed by atoms with van der Waals surface area (Å²) in [6.45, 7) is 6.40. The molecule has 0 aliphatic carbocycles. The zero-order chi connectivity index (χ0) is 22.3. The minimum atomic E-state index is -4.35. The second kappa shape index (κ2) is 10.6. The highest BCUT2D eigenvalue weighted by atomic mass is 19.4. The number of nitrogens with one attached hydrogen (secondary N) is 2. The van der Waals surface area contributed by atoms with Gasteiger partial charge in [-0.15, -0.1) is 0 Å². The van der Waals surface area contributed by atoms with Crippen molar-refractivity contribution in [3.05, 3.63) is 70.8 Å². The molecule has 168 valence electrons. The summed E-state index contributed by atoms with van der Waals surface area (Å²) in [4.78, 5) is 6.55. The molecule has 0 amide bonds. The van der Waals surface area contributed by atoms with Gasteiger partial charge in [0.05, 0.1) is 18.3 Å². The third-order valence-corrected chi connectivity index (χ3v) is 5.12. The SMILES string of the molecule is CN=C(NCc1cccc(CN2CCOC(C)C2)c1)NCc1cccc(C(F)(F)F)c1. The number of rotatable bonds is 6. The standard InChI is InChI=1S/C23H29F3N4O/c1-17-15-30(9-10-31-17)16-20-7-3-5-18(11-20)13-28-22(27-2)29-14-19-6-4-8-21(12-19)23(24,25)26/h3-8,11-12,17H,9-10,13-16H2,1-2H3,(H2,27,28,29). The molecule has 1 aliphatic rings. The quantitative estimate of drug-likeness (QED) is 0.537. The minimum absolute atomic E-state index is 0.249. The molecule has 2 aromatic rings. The van der Waals surface area contributed by atoms with E-state index in [1.807, 2.05) is 12.1 Å². The molecule has 1 saturated heterocycles. The topological polar surface area (TPSA) is 48.9 Å². The van der Waals surface area contributed by atoms with E-state index in [1.54, 1.807) is 13.1 Å². The molecule has 0 bridgehead atoms. The normalized spacial score (nSPS) is 18.1. The summed E-state index contributed by atoms with van der Waals surface area (Å²) in [7, 11) is 1.64. The molecule has 0 aromatic heterocycles. The molecule has 31 heavy (non-hydrogen) atoms. The van der Waals surface area contributed by atoms with Crippen LogP contribution in [0.25, 0.3) is 0 Å². The Balaban J connectivity index is 1.51. The van der Waals surface area contributed by atoms with Gasteiger partial charge < -0.3 is 15.4 Å². The Morgan fingerprint density at radius 3 is 2.35 bits per heavy atom. The van der Waals surface area contributed by atoms with Crippen LogP contribution in [0.4, 0.5) is 13.2 Å². The van der Waals surface area contributed by atoms with Crippen LogP contribution in [0.2, 0.25) is 0 Å². The van der Waals surface area contributed by atoms with Gasteiger partial charge in [-0.1, -0.05) is 36.4 Å². The number of aliphatic imine (C=N–C) groups is 1. The van der Waals surface area contributed by atoms with E-state index in [1.165, 1.54) is 11.6 Å². The number of nitrogens with zero attached hydrogens (tertiary/aromatic N) is 2. The Morgan fingerprint density at radius 1 is 1.06 bits per heavy atom. The van der Waals surface area contributed by atoms with Crippen LogP contribution in [-0.4, -0.2) is 43.7 Å². The summed E-state index contributed by atoms with van der Waals surface area (Å²) >= 11 is 0. The fourth-order valence-corrected chi connectivity index (χ4v) is 3.58. The van der Waals surface area contributed by atoms with Crippen LogP contribution in [0.15, 0.2) is 53.5 Å². The van der Waals surface area contributed by atoms with E-state index in [2.05, 4.69) is 39.6 Å². The van der Waals surface area contributed by atoms with Crippen molar-refractivity contribution in [3.8, 4) is 0 Å². The van der Waals surface area contributed by atoms with Gasteiger partial charge in [0, 0.05) is 39.8 Å². The highest BCUT2D eigenvalue weighted by Gasteiger charge is 2.30. The summed E-state index contributed by atoms with van der Waals surface area (Å²) in [6, 6.07) is 13.6. The summed E-state index contributed by atoms with van der Waals surface area (Å²) in [5.74, 6) is 0.532. The number of hydrogen-bond acceptors (Lipinski definition) is 3. The van der Waals surface area contributed by atoms with Crippen molar-refractivity contribution in [1.82, 2.24) is 15.5 Å². The van der Waals surface area contributed by atoms with Gasteiger partial charge in [0.1, 0.15) is 0 Å². The molecule has 5 nitrogen and oxygen atoms in total. The molecule has 0 spiro atoms. The van der Waals surface area contributed by atoms with Gasteiger partial charge in [-0.2, -0.15) is 13.2 Å². The maximum Gasteiger partial charge on any atom is 0.416 e. The Kier molecular flexibility index (Phi) is 7.92. The Labute approximate surface area is 181 Å². The first kappa shape index (κ1) is 23.1. The predicted octanol–water partition coefficient (Wildman–Crippen LogP) is 3.79. The second-order valence-corrected chi connectivity index (χ2v) is 7.71. The molecule has 2 aromatic carbocycles. The van der Waals surface area contributed by atoms with Crippen LogP contribution < -0.4 is 10.6 Å². The molecule has 1 atom stereocenters. The fraction of sp³-hybridized carbons (Fsp3) is 0.435. The highest BCUT2D eigenvalue weighted by molar-refractivity contribution is 5.79. The third-order valence-electron chi connectivity index (χ3n) is 5.12. The zero-order valence-corrected chi connectivity index (χ0v) is 17.9. The van der Waals surface area contributed by atoms with Gasteiger partial charge in [-0.25, -0.2) is 0 Å². The third kappa shape index (κ3) is 7.25. The minimum Gasteiger partial charge on any atom is -0.376 e. The molecule has 1 heterocycles. The van der Waals surface area contributed by atoms with Gasteiger partial charge in [-0.3, -0.25) is 9.89 Å². The Morgan fingerprint density at radius 2 is 1.71 bits per heavy atom. The van der Waals surface area contributed by atoms with Crippen LogP contribution in [-0.2, 0) is 30.5 Å². The van der Waals surface area contributed by atoms with E-state index >= 15 is 0 Å². The maximum absolute atomic E-state index is 12.9. The van der Waals surface area contributed by atoms with E-state index in [4.69, 9.17) is 4.74 Å². The van der Waals surface area contributed by atoms with Crippen LogP contribution in [0, 0.1) is 0 Å². The summed E-state index contributed by atoms with van der Waals surface area (Å²) < 4.78 is 44.2. The molecule has 8 heteroatoms. The summed E-state index contributed by atoms with van der Waals surface area (Å²) in [6.07, 6.45) is -4.09. The van der Waals surface area contributed by atoms with Crippen LogP contribution in [0.5, 0.6) is 0 Å². The number of benzene rings is 2. The lowest BCUT2D eigenvalue weighted by Gasteiger charge is -2.31. The molecular weight excluding hydrogens is 405 g/mol. The van der Waals surface area contributed by atoms with Crippen molar-refractivity contribution in [2.45, 2.75) is 38.8 Å². The molecule has 0 radical (unpaired) electrons. The molecule has 1 aliphatic heterocycles. The zero-order valence-electron chi connectivity index (χ0n) is 17.9. The molecule has 1 unspecified atom stereocenters. The van der Waals surface area contributed by atoms with Gasteiger partial charge in [0.25, 0.3) is 0 Å². The van der Waals surface area contributed by atoms with Gasteiger partial charge in [0.2, 0.25) is 0 Å². The number of guanidine groups is 1. The lowest BCUT2D eigenvalue weighted by molar-refractivity contribution is -0.137. The molecule has 2 N–H and O–H groups in total. The largest absolute Gasteiger partial charge is 0.416 e. The number of halogens is 3. The predicted molar refractivity (Wildman–Crippen MR) is 116 cm³/mol. The van der Waals surface area contributed by atoms with Crippen LogP contribution in [0.1, 0.15) is 29.2 Å². The average molecular weight is 435 g/mol. The van der Waals surface area contributed by atoms with Gasteiger partial charge in [-0.05, 0) is 35.7 Å². The number of morpholine rings is 1. The second-order valence-electron chi connectivity index (χ2n) is 7.71. The number of hydrogen-bond donors (Lipinski definition) is 2. The lowest BCUT2D eigenvalue weighted by atomic mass is 10.1. The van der Waals surface area contributed by atoms with Crippen LogP contribution >= 0.6 is 0 Å².